The number of nitrogens with one attached hydrogen (secondary N) is 1. The molecule has 0 unspecified atom stereocenters. The third kappa shape index (κ3) is 4.79. The van der Waals surface area contributed by atoms with Gasteiger partial charge in [-0.1, -0.05) is 31.4 Å². The van der Waals surface area contributed by atoms with Crippen LogP contribution in [0.15, 0.2) is 24.3 Å². The van der Waals surface area contributed by atoms with Gasteiger partial charge in [-0.3, -0.25) is 8.93 Å². The summed E-state index contributed by atoms with van der Waals surface area (Å²) in [5.74, 6) is 0.488. The van der Waals surface area contributed by atoms with Gasteiger partial charge in [-0.15, -0.1) is 0 Å². The summed E-state index contributed by atoms with van der Waals surface area (Å²) in [7, 11) is -1.44. The molecule has 22 heavy (non-hydrogen) atoms. The summed E-state index contributed by atoms with van der Waals surface area (Å²) >= 11 is 0. The highest BCUT2D eigenvalue weighted by molar-refractivity contribution is 7.90. The van der Waals surface area contributed by atoms with Gasteiger partial charge in [-0.25, -0.2) is 0 Å². The molecule has 1 saturated carbocycles. The van der Waals surface area contributed by atoms with E-state index in [0.717, 1.165) is 22.7 Å². The first-order valence-corrected chi connectivity index (χ1v) is 10.4. The molecule has 1 aliphatic rings. The summed E-state index contributed by atoms with van der Waals surface area (Å²) in [4.78, 5) is 0. The van der Waals surface area contributed by atoms with E-state index in [0.29, 0.717) is 11.4 Å². The van der Waals surface area contributed by atoms with Crippen molar-refractivity contribution >= 4 is 26.7 Å². The molecule has 5 nitrogen and oxygen atoms in total. The Morgan fingerprint density at radius 1 is 1.23 bits per heavy atom. The van der Waals surface area contributed by atoms with E-state index in [9.17, 15) is 12.6 Å². The Hall–Kier alpha value is -0.920. The molecule has 2 rings (SSSR count). The van der Waals surface area contributed by atoms with Crippen LogP contribution in [0.4, 0.5) is 5.69 Å². The van der Waals surface area contributed by atoms with Crippen LogP contribution in [-0.2, 0) is 26.8 Å². The van der Waals surface area contributed by atoms with Crippen LogP contribution in [0.5, 0.6) is 0 Å². The lowest BCUT2D eigenvalue weighted by molar-refractivity contribution is 0.504. The van der Waals surface area contributed by atoms with Crippen LogP contribution in [0.2, 0.25) is 0 Å². The van der Waals surface area contributed by atoms with E-state index >= 15 is 0 Å². The zero-order valence-corrected chi connectivity index (χ0v) is 14.8. The van der Waals surface area contributed by atoms with Crippen LogP contribution in [0.3, 0.4) is 0 Å². The summed E-state index contributed by atoms with van der Waals surface area (Å²) in [6.07, 6.45) is 5.66. The molecule has 1 fully saturated rings. The topological polar surface area (TPSA) is 66.5 Å². The van der Waals surface area contributed by atoms with E-state index in [1.54, 1.807) is 18.2 Å². The minimum Gasteiger partial charge on any atom is -0.271 e. The molecule has 0 radical (unpaired) electrons. The Labute approximate surface area is 135 Å². The number of anilines is 1. The van der Waals surface area contributed by atoms with Crippen molar-refractivity contribution in [1.29, 1.82) is 0 Å². The molecular formula is C15H24N2O3S2. The monoisotopic (exact) mass is 344 g/mol. The van der Waals surface area contributed by atoms with Gasteiger partial charge in [0, 0.05) is 35.9 Å². The minimum absolute atomic E-state index is 0.288. The fourth-order valence-electron chi connectivity index (χ4n) is 2.57. The second kappa shape index (κ2) is 7.57. The zero-order chi connectivity index (χ0) is 16.2. The Bertz CT molecular complexity index is 623. The molecule has 0 amide bonds. The maximum Gasteiger partial charge on any atom is 0.301 e. The van der Waals surface area contributed by atoms with Crippen LogP contribution in [0.25, 0.3) is 0 Å². The average molecular weight is 345 g/mol. The van der Waals surface area contributed by atoms with Crippen LogP contribution >= 0.6 is 0 Å². The Balaban J connectivity index is 2.03. The summed E-state index contributed by atoms with van der Waals surface area (Å²) in [6.45, 7) is 0. The van der Waals surface area contributed by atoms with Gasteiger partial charge in [0.05, 0.1) is 5.69 Å². The van der Waals surface area contributed by atoms with Crippen molar-refractivity contribution in [2.45, 2.75) is 43.1 Å². The van der Waals surface area contributed by atoms with Crippen molar-refractivity contribution in [3.63, 3.8) is 0 Å². The first-order chi connectivity index (χ1) is 10.4. The average Bonchev–Trinajstić information content (AvgIpc) is 2.48. The van der Waals surface area contributed by atoms with Gasteiger partial charge in [0.15, 0.2) is 0 Å². The van der Waals surface area contributed by atoms with Gasteiger partial charge in [-0.2, -0.15) is 12.7 Å². The minimum atomic E-state index is -3.51. The lowest BCUT2D eigenvalue weighted by Crippen LogP contribution is -2.28. The van der Waals surface area contributed by atoms with Gasteiger partial charge in [0.1, 0.15) is 0 Å². The fourth-order valence-corrected chi connectivity index (χ4v) is 4.79. The van der Waals surface area contributed by atoms with Crippen LogP contribution in [-0.4, -0.2) is 36.3 Å². The lowest BCUT2D eigenvalue weighted by Gasteiger charge is -2.21. The van der Waals surface area contributed by atoms with Crippen LogP contribution < -0.4 is 4.72 Å². The smallest absolute Gasteiger partial charge is 0.271 e. The highest BCUT2D eigenvalue weighted by Gasteiger charge is 2.20. The van der Waals surface area contributed by atoms with Crippen LogP contribution in [0, 0.1) is 0 Å². The quantitative estimate of drug-likeness (QED) is 0.862. The third-order valence-electron chi connectivity index (χ3n) is 3.89. The molecule has 1 aliphatic carbocycles. The van der Waals surface area contributed by atoms with Gasteiger partial charge in [0.2, 0.25) is 0 Å². The Morgan fingerprint density at radius 2 is 1.91 bits per heavy atom. The number of benzene rings is 1. The van der Waals surface area contributed by atoms with E-state index in [4.69, 9.17) is 0 Å². The summed E-state index contributed by atoms with van der Waals surface area (Å²) < 4.78 is 39.7. The maximum atomic E-state index is 12.4. The van der Waals surface area contributed by atoms with Crippen molar-refractivity contribution in [2.75, 3.05) is 18.8 Å². The number of rotatable bonds is 6. The second-order valence-corrected chi connectivity index (χ2v) is 9.48. The second-order valence-electron chi connectivity index (χ2n) is 5.87. The highest BCUT2D eigenvalue weighted by Crippen LogP contribution is 2.24. The molecule has 0 spiro atoms. The van der Waals surface area contributed by atoms with Crippen LogP contribution in [0.1, 0.15) is 37.7 Å². The van der Waals surface area contributed by atoms with E-state index in [2.05, 4.69) is 4.72 Å². The SMILES string of the molecule is CN(C)S(=O)(=O)Nc1cccc(C[S@](=O)C2CCCCC2)c1. The van der Waals surface area contributed by atoms with E-state index in [-0.39, 0.29) is 5.25 Å². The number of hydrogen-bond acceptors (Lipinski definition) is 3. The Kier molecular flexibility index (Phi) is 6.00. The summed E-state index contributed by atoms with van der Waals surface area (Å²) in [6, 6.07) is 7.16. The maximum absolute atomic E-state index is 12.4. The molecule has 0 bridgehead atoms. The van der Waals surface area contributed by atoms with Crippen molar-refractivity contribution in [2.24, 2.45) is 0 Å². The van der Waals surface area contributed by atoms with Gasteiger partial charge in [0.25, 0.3) is 0 Å². The molecule has 1 N–H and O–H groups in total. The molecule has 0 heterocycles. The lowest BCUT2D eigenvalue weighted by atomic mass is 10.0. The largest absolute Gasteiger partial charge is 0.301 e. The Morgan fingerprint density at radius 3 is 2.55 bits per heavy atom. The molecule has 0 aromatic heterocycles. The number of nitrogens with zero attached hydrogens (tertiary/aromatic N) is 1. The van der Waals surface area contributed by atoms with Gasteiger partial charge < -0.3 is 0 Å². The molecular weight excluding hydrogens is 320 g/mol. The van der Waals surface area contributed by atoms with E-state index in [1.807, 2.05) is 6.07 Å². The molecule has 1 atom stereocenters. The summed E-state index contributed by atoms with van der Waals surface area (Å²) in [5.41, 5.74) is 1.41. The van der Waals surface area contributed by atoms with Gasteiger partial charge in [-0.05, 0) is 30.5 Å². The van der Waals surface area contributed by atoms with E-state index < -0.39 is 21.0 Å². The van der Waals surface area contributed by atoms with Crippen molar-refractivity contribution < 1.29 is 12.6 Å². The predicted octanol–water partition coefficient (Wildman–Crippen LogP) is 2.49. The zero-order valence-electron chi connectivity index (χ0n) is 13.1. The first-order valence-electron chi connectivity index (χ1n) is 7.55. The normalized spacial score (nSPS) is 18.3. The van der Waals surface area contributed by atoms with Crippen molar-refractivity contribution in [1.82, 2.24) is 4.31 Å². The molecule has 1 aromatic rings. The van der Waals surface area contributed by atoms with Crippen molar-refractivity contribution in [3.8, 4) is 0 Å². The fraction of sp³-hybridized carbons (Fsp3) is 0.600. The van der Waals surface area contributed by atoms with Gasteiger partial charge >= 0.3 is 10.2 Å². The highest BCUT2D eigenvalue weighted by atomic mass is 32.2. The summed E-state index contributed by atoms with van der Waals surface area (Å²) in [5, 5.41) is 0.288. The third-order valence-corrected chi connectivity index (χ3v) is 7.18. The molecule has 1 aromatic carbocycles. The molecule has 0 aliphatic heterocycles. The first kappa shape index (κ1) is 17.4. The molecule has 7 heteroatoms. The van der Waals surface area contributed by atoms with Crippen molar-refractivity contribution in [3.05, 3.63) is 29.8 Å². The van der Waals surface area contributed by atoms with E-state index in [1.165, 1.54) is 33.4 Å². The molecule has 0 saturated heterocycles. The molecule has 124 valence electrons. The standard InChI is InChI=1S/C15H24N2O3S2/c1-17(2)22(19,20)16-14-8-6-7-13(11-14)12-21(18)15-9-4-3-5-10-15/h6-8,11,15-16H,3-5,9-10,12H2,1-2H3/t21-/m0/s1. The number of hydrogen-bond donors (Lipinski definition) is 1. The predicted molar refractivity (Wildman–Crippen MR) is 91.4 cm³/mol.